The molecule has 25 heavy (non-hydrogen) atoms. The number of halogens is 1. The molecule has 0 aliphatic heterocycles. The van der Waals surface area contributed by atoms with E-state index in [1.54, 1.807) is 0 Å². The van der Waals surface area contributed by atoms with Gasteiger partial charge in [-0.25, -0.2) is 0 Å². The molecular weight excluding hydrogens is 423 g/mol. The van der Waals surface area contributed by atoms with E-state index in [9.17, 15) is 0 Å². The van der Waals surface area contributed by atoms with Gasteiger partial charge in [-0.1, -0.05) is 30.3 Å². The average Bonchev–Trinajstić information content (AvgIpc) is 3.23. The van der Waals surface area contributed by atoms with Crippen LogP contribution in [0.4, 0.5) is 0 Å². The van der Waals surface area contributed by atoms with Crippen molar-refractivity contribution in [2.45, 2.75) is 25.8 Å². The first-order chi connectivity index (χ1) is 11.6. The molecule has 1 saturated carbocycles. The minimum atomic E-state index is 0. The van der Waals surface area contributed by atoms with Gasteiger partial charge >= 0.3 is 0 Å². The van der Waals surface area contributed by atoms with Crippen LogP contribution in [0.25, 0.3) is 0 Å². The molecule has 1 heterocycles. The van der Waals surface area contributed by atoms with Crippen molar-refractivity contribution in [2.24, 2.45) is 17.5 Å². The molecule has 1 aliphatic carbocycles. The summed E-state index contributed by atoms with van der Waals surface area (Å²) in [6.45, 7) is 1.85. The van der Waals surface area contributed by atoms with Gasteiger partial charge in [0.05, 0.1) is 6.54 Å². The largest absolute Gasteiger partial charge is 0.356 e. The molecule has 0 saturated heterocycles. The summed E-state index contributed by atoms with van der Waals surface area (Å²) in [6.07, 6.45) is 5.83. The third-order valence-corrected chi connectivity index (χ3v) is 5.02. The minimum absolute atomic E-state index is 0. The molecule has 136 valence electrons. The summed E-state index contributed by atoms with van der Waals surface area (Å²) in [5.74, 6) is 0.968. The van der Waals surface area contributed by atoms with E-state index < -0.39 is 0 Å². The van der Waals surface area contributed by atoms with Crippen LogP contribution in [-0.2, 0) is 20.0 Å². The maximum absolute atomic E-state index is 4.46. The zero-order valence-corrected chi connectivity index (χ0v) is 17.7. The number of hydrogen-bond acceptors (Lipinski definition) is 1. The molecule has 0 unspecified atom stereocenters. The Bertz CT molecular complexity index is 689. The average molecular weight is 452 g/mol. The minimum Gasteiger partial charge on any atom is -0.356 e. The molecule has 1 fully saturated rings. The summed E-state index contributed by atoms with van der Waals surface area (Å²) in [5.41, 5.74) is 3.12. The number of rotatable bonds is 6. The molecule has 1 aliphatic rings. The predicted molar refractivity (Wildman–Crippen MR) is 115 cm³/mol. The molecule has 0 amide bonds. The van der Waals surface area contributed by atoms with Crippen molar-refractivity contribution >= 4 is 29.9 Å². The van der Waals surface area contributed by atoms with Gasteiger partial charge in [-0.05, 0) is 42.4 Å². The SMILES string of the molecule is CN=C(NCC1(Cc2ccccc2)CC1)N(C)Cc1cccn1C.I. The van der Waals surface area contributed by atoms with Gasteiger partial charge in [0.2, 0.25) is 0 Å². The summed E-state index contributed by atoms with van der Waals surface area (Å²) in [7, 11) is 6.04. The van der Waals surface area contributed by atoms with Crippen LogP contribution < -0.4 is 5.32 Å². The molecule has 4 nitrogen and oxygen atoms in total. The molecule has 1 N–H and O–H groups in total. The zero-order chi connectivity index (χ0) is 17.0. The summed E-state index contributed by atoms with van der Waals surface area (Å²) in [4.78, 5) is 6.65. The van der Waals surface area contributed by atoms with E-state index in [4.69, 9.17) is 0 Å². The molecule has 0 spiro atoms. The number of nitrogens with zero attached hydrogens (tertiary/aromatic N) is 3. The third-order valence-electron chi connectivity index (χ3n) is 5.02. The van der Waals surface area contributed by atoms with Gasteiger partial charge in [-0.3, -0.25) is 4.99 Å². The highest BCUT2D eigenvalue weighted by Crippen LogP contribution is 2.47. The van der Waals surface area contributed by atoms with E-state index in [2.05, 4.69) is 82.5 Å². The van der Waals surface area contributed by atoms with Gasteiger partial charge in [0, 0.05) is 39.6 Å². The smallest absolute Gasteiger partial charge is 0.193 e. The quantitative estimate of drug-likeness (QED) is 0.412. The molecule has 3 rings (SSSR count). The zero-order valence-electron chi connectivity index (χ0n) is 15.4. The van der Waals surface area contributed by atoms with Crippen LogP contribution in [-0.4, -0.2) is 36.1 Å². The molecule has 0 bridgehead atoms. The lowest BCUT2D eigenvalue weighted by Gasteiger charge is -2.25. The fourth-order valence-corrected chi connectivity index (χ4v) is 3.25. The fraction of sp³-hybridized carbons (Fsp3) is 0.450. The van der Waals surface area contributed by atoms with Crippen LogP contribution in [0.5, 0.6) is 0 Å². The van der Waals surface area contributed by atoms with Crippen LogP contribution >= 0.6 is 24.0 Å². The molecule has 5 heteroatoms. The number of aromatic nitrogens is 1. The van der Waals surface area contributed by atoms with Crippen molar-refractivity contribution < 1.29 is 0 Å². The number of benzene rings is 1. The van der Waals surface area contributed by atoms with Gasteiger partial charge in [-0.2, -0.15) is 0 Å². The summed E-state index contributed by atoms with van der Waals surface area (Å²) < 4.78 is 2.15. The second-order valence-corrected chi connectivity index (χ2v) is 7.03. The number of nitrogens with one attached hydrogen (secondary N) is 1. The van der Waals surface area contributed by atoms with Crippen LogP contribution in [0, 0.1) is 5.41 Å². The van der Waals surface area contributed by atoms with Crippen molar-refractivity contribution in [3.63, 3.8) is 0 Å². The maximum atomic E-state index is 4.46. The Hall–Kier alpha value is -1.50. The van der Waals surface area contributed by atoms with Crippen molar-refractivity contribution in [3.05, 3.63) is 59.9 Å². The van der Waals surface area contributed by atoms with Crippen LogP contribution in [0.15, 0.2) is 53.7 Å². The highest BCUT2D eigenvalue weighted by atomic mass is 127. The molecular formula is C20H29IN4. The number of aliphatic imine (C=N–C) groups is 1. The fourth-order valence-electron chi connectivity index (χ4n) is 3.25. The normalized spacial score (nSPS) is 15.4. The molecule has 1 aromatic heterocycles. The lowest BCUT2D eigenvalue weighted by Crippen LogP contribution is -2.41. The van der Waals surface area contributed by atoms with Crippen LogP contribution in [0.1, 0.15) is 24.1 Å². The second-order valence-electron chi connectivity index (χ2n) is 7.03. The van der Waals surface area contributed by atoms with Gasteiger partial charge in [0.15, 0.2) is 5.96 Å². The first-order valence-corrected chi connectivity index (χ1v) is 8.68. The lowest BCUT2D eigenvalue weighted by molar-refractivity contribution is 0.435. The van der Waals surface area contributed by atoms with E-state index in [1.807, 2.05) is 7.05 Å². The van der Waals surface area contributed by atoms with Gasteiger partial charge in [0.25, 0.3) is 0 Å². The molecule has 2 aromatic rings. The Morgan fingerprint density at radius 2 is 1.92 bits per heavy atom. The van der Waals surface area contributed by atoms with Crippen LogP contribution in [0.2, 0.25) is 0 Å². The number of guanidine groups is 1. The van der Waals surface area contributed by atoms with E-state index >= 15 is 0 Å². The topological polar surface area (TPSA) is 32.6 Å². The van der Waals surface area contributed by atoms with E-state index in [0.717, 1.165) is 25.5 Å². The summed E-state index contributed by atoms with van der Waals surface area (Å²) in [6, 6.07) is 15.0. The van der Waals surface area contributed by atoms with Gasteiger partial charge in [-0.15, -0.1) is 24.0 Å². The Morgan fingerprint density at radius 1 is 1.20 bits per heavy atom. The van der Waals surface area contributed by atoms with Crippen LogP contribution in [0.3, 0.4) is 0 Å². The predicted octanol–water partition coefficient (Wildman–Crippen LogP) is 3.67. The molecule has 1 aromatic carbocycles. The number of hydrogen-bond donors (Lipinski definition) is 1. The Morgan fingerprint density at radius 3 is 2.48 bits per heavy atom. The first kappa shape index (κ1) is 19.8. The summed E-state index contributed by atoms with van der Waals surface area (Å²) >= 11 is 0. The van der Waals surface area contributed by atoms with E-state index in [-0.39, 0.29) is 24.0 Å². The Kier molecular flexibility index (Phi) is 6.93. The third kappa shape index (κ3) is 5.23. The highest BCUT2D eigenvalue weighted by Gasteiger charge is 2.42. The van der Waals surface area contributed by atoms with Gasteiger partial charge < -0.3 is 14.8 Å². The number of aryl methyl sites for hydroxylation is 1. The van der Waals surface area contributed by atoms with Crippen molar-refractivity contribution in [3.8, 4) is 0 Å². The van der Waals surface area contributed by atoms with Gasteiger partial charge in [0.1, 0.15) is 0 Å². The van der Waals surface area contributed by atoms with E-state index in [0.29, 0.717) is 5.41 Å². The summed E-state index contributed by atoms with van der Waals surface area (Å²) in [5, 5.41) is 3.59. The lowest BCUT2D eigenvalue weighted by atomic mass is 9.96. The highest BCUT2D eigenvalue weighted by molar-refractivity contribution is 14.0. The van der Waals surface area contributed by atoms with Crippen molar-refractivity contribution in [1.29, 1.82) is 0 Å². The maximum Gasteiger partial charge on any atom is 0.193 e. The monoisotopic (exact) mass is 452 g/mol. The Labute approximate surface area is 168 Å². The van der Waals surface area contributed by atoms with Crippen molar-refractivity contribution in [1.82, 2.24) is 14.8 Å². The first-order valence-electron chi connectivity index (χ1n) is 8.68. The molecule has 0 radical (unpaired) electrons. The second kappa shape index (κ2) is 8.74. The van der Waals surface area contributed by atoms with Crippen molar-refractivity contribution in [2.75, 3.05) is 20.6 Å². The molecule has 0 atom stereocenters. The Balaban J connectivity index is 0.00000225. The van der Waals surface area contributed by atoms with E-state index in [1.165, 1.54) is 24.1 Å². The standard InChI is InChI=1S/C20H28N4.HI/c1-21-19(24(3)15-18-10-7-13-23(18)2)22-16-20(11-12-20)14-17-8-5-4-6-9-17;/h4-10,13H,11-12,14-16H2,1-3H3,(H,21,22);1H.